The van der Waals surface area contributed by atoms with Crippen LogP contribution in [0.5, 0.6) is 5.75 Å². The highest BCUT2D eigenvalue weighted by atomic mass is 35.5. The molecule has 0 saturated carbocycles. The number of benzene rings is 2. The fraction of sp³-hybridized carbons (Fsp3) is 0.364. The van der Waals surface area contributed by atoms with Crippen LogP contribution in [0.3, 0.4) is 0 Å². The Hall–Kier alpha value is -2.41. The second-order valence-corrected chi connectivity index (χ2v) is 8.35. The molecular weight excluding hydrogens is 394 g/mol. The minimum atomic E-state index is -1.21. The lowest BCUT2D eigenvalue weighted by molar-refractivity contribution is -0.907. The van der Waals surface area contributed by atoms with Crippen molar-refractivity contribution in [3.8, 4) is 5.75 Å². The van der Waals surface area contributed by atoms with Gasteiger partial charge in [0.15, 0.2) is 11.4 Å². The van der Waals surface area contributed by atoms with Gasteiger partial charge in [-0.1, -0.05) is 11.6 Å². The van der Waals surface area contributed by atoms with Gasteiger partial charge in [-0.3, -0.25) is 9.28 Å². The first-order valence-corrected chi connectivity index (χ1v) is 9.61. The molecule has 0 heterocycles. The van der Waals surface area contributed by atoms with Gasteiger partial charge in [0.2, 0.25) is 6.73 Å². The van der Waals surface area contributed by atoms with Gasteiger partial charge in [0, 0.05) is 16.1 Å². The zero-order chi connectivity index (χ0) is 21.7. The highest BCUT2D eigenvalue weighted by Crippen LogP contribution is 2.22. The Labute approximate surface area is 176 Å². The topological polar surface area (TPSA) is 72.8 Å². The average Bonchev–Trinajstić information content (AvgIpc) is 2.66. The summed E-state index contributed by atoms with van der Waals surface area (Å²) in [6, 6.07) is 13.3. The molecule has 0 aliphatic rings. The molecule has 0 aliphatic heterocycles. The van der Waals surface area contributed by atoms with Crippen LogP contribution in [0.25, 0.3) is 0 Å². The molecule has 0 aromatic heterocycles. The van der Waals surface area contributed by atoms with Gasteiger partial charge in [-0.05, 0) is 62.4 Å². The van der Waals surface area contributed by atoms with Crippen molar-refractivity contribution < 1.29 is 28.7 Å². The lowest BCUT2D eigenvalue weighted by Crippen LogP contribution is -2.47. The molecule has 0 bridgehead atoms. The molecule has 0 fully saturated rings. The Morgan fingerprint density at radius 3 is 2.03 bits per heavy atom. The number of ether oxygens (including phenoxy) is 2. The Bertz CT molecular complexity index is 845. The highest BCUT2D eigenvalue weighted by molar-refractivity contribution is 6.30. The van der Waals surface area contributed by atoms with E-state index in [0.717, 1.165) is 0 Å². The number of nitrogens with zero attached hydrogens (tertiary/aromatic N) is 1. The molecule has 29 heavy (non-hydrogen) atoms. The van der Waals surface area contributed by atoms with E-state index in [1.54, 1.807) is 62.4 Å². The third-order valence-corrected chi connectivity index (χ3v) is 4.59. The molecule has 0 unspecified atom stereocenters. The summed E-state index contributed by atoms with van der Waals surface area (Å²) in [5, 5.41) is 9.63. The number of aliphatic hydroxyl groups excluding tert-OH is 1. The van der Waals surface area contributed by atoms with Crippen molar-refractivity contribution in [3.05, 3.63) is 64.7 Å². The van der Waals surface area contributed by atoms with Gasteiger partial charge in [0.05, 0.1) is 20.7 Å². The Morgan fingerprint density at radius 1 is 1.00 bits per heavy atom. The standard InChI is InChI=1S/C22H27ClNO5/c1-22(2,21(27)28-15-24(3,4)13-14-25)29-19-11-7-17(8-12-19)20(26)16-5-9-18(23)10-6-16/h5-12,25H,13-15H2,1-4H3/q+1. The number of likely N-dealkylation sites (N-methyl/N-ethyl adjacent to an activating group) is 1. The summed E-state index contributed by atoms with van der Waals surface area (Å²) in [5.41, 5.74) is -0.167. The van der Waals surface area contributed by atoms with Crippen LogP contribution in [-0.2, 0) is 9.53 Å². The normalized spacial score (nSPS) is 11.8. The number of hydrogen-bond donors (Lipinski definition) is 1. The van der Waals surface area contributed by atoms with E-state index in [9.17, 15) is 9.59 Å². The smallest absolute Gasteiger partial charge is 0.354 e. The fourth-order valence-electron chi connectivity index (χ4n) is 2.52. The zero-order valence-electron chi connectivity index (χ0n) is 17.1. The number of halogens is 1. The largest absolute Gasteiger partial charge is 0.476 e. The monoisotopic (exact) mass is 420 g/mol. The molecule has 0 amide bonds. The second-order valence-electron chi connectivity index (χ2n) is 7.92. The summed E-state index contributed by atoms with van der Waals surface area (Å²) in [6.07, 6.45) is 0. The maximum absolute atomic E-state index is 12.5. The van der Waals surface area contributed by atoms with Crippen molar-refractivity contribution in [2.75, 3.05) is 34.0 Å². The molecule has 2 rings (SSSR count). The lowest BCUT2D eigenvalue weighted by atomic mass is 10.0. The average molecular weight is 421 g/mol. The van der Waals surface area contributed by atoms with E-state index >= 15 is 0 Å². The Kier molecular flexibility index (Phi) is 7.41. The van der Waals surface area contributed by atoms with Crippen LogP contribution in [0.4, 0.5) is 0 Å². The van der Waals surface area contributed by atoms with E-state index in [-0.39, 0.29) is 19.1 Å². The molecule has 0 aliphatic carbocycles. The maximum atomic E-state index is 12.5. The summed E-state index contributed by atoms with van der Waals surface area (Å²) in [7, 11) is 3.71. The van der Waals surface area contributed by atoms with Gasteiger partial charge in [0.25, 0.3) is 0 Å². The number of esters is 1. The van der Waals surface area contributed by atoms with Crippen molar-refractivity contribution in [3.63, 3.8) is 0 Å². The van der Waals surface area contributed by atoms with Crippen molar-refractivity contribution >= 4 is 23.4 Å². The first-order chi connectivity index (χ1) is 13.5. The maximum Gasteiger partial charge on any atom is 0.354 e. The van der Waals surface area contributed by atoms with Crippen LogP contribution >= 0.6 is 11.6 Å². The molecule has 0 atom stereocenters. The fourth-order valence-corrected chi connectivity index (χ4v) is 2.65. The minimum absolute atomic E-state index is 0.00549. The second kappa shape index (κ2) is 9.39. The quantitative estimate of drug-likeness (QED) is 0.291. The summed E-state index contributed by atoms with van der Waals surface area (Å²) >= 11 is 5.86. The van der Waals surface area contributed by atoms with Gasteiger partial charge >= 0.3 is 5.97 Å². The van der Waals surface area contributed by atoms with Crippen LogP contribution in [0, 0.1) is 0 Å². The van der Waals surface area contributed by atoms with Gasteiger partial charge < -0.3 is 14.6 Å². The molecule has 1 N–H and O–H groups in total. The number of quaternary nitrogens is 1. The number of hydrogen-bond acceptors (Lipinski definition) is 5. The summed E-state index contributed by atoms with van der Waals surface area (Å²) in [6.45, 7) is 3.84. The van der Waals surface area contributed by atoms with Gasteiger partial charge in [-0.15, -0.1) is 0 Å². The van der Waals surface area contributed by atoms with Crippen molar-refractivity contribution in [2.45, 2.75) is 19.4 Å². The van der Waals surface area contributed by atoms with Gasteiger partial charge in [-0.25, -0.2) is 4.79 Å². The van der Waals surface area contributed by atoms with Crippen LogP contribution in [-0.4, -0.2) is 60.9 Å². The molecule has 156 valence electrons. The molecular formula is C22H27ClNO5+. The molecule has 7 heteroatoms. The molecule has 6 nitrogen and oxygen atoms in total. The predicted molar refractivity (Wildman–Crippen MR) is 111 cm³/mol. The van der Waals surface area contributed by atoms with Crippen LogP contribution in [0.2, 0.25) is 5.02 Å². The molecule has 2 aromatic carbocycles. The summed E-state index contributed by atoms with van der Waals surface area (Å²) in [4.78, 5) is 24.9. The molecule has 0 radical (unpaired) electrons. The molecule has 0 saturated heterocycles. The van der Waals surface area contributed by atoms with Crippen molar-refractivity contribution in [2.24, 2.45) is 0 Å². The number of rotatable bonds is 9. The van der Waals surface area contributed by atoms with Crippen LogP contribution in [0.15, 0.2) is 48.5 Å². The predicted octanol–water partition coefficient (Wildman–Crippen LogP) is 3.30. The number of carbonyl (C=O) groups is 2. The van der Waals surface area contributed by atoms with Crippen molar-refractivity contribution in [1.29, 1.82) is 0 Å². The first-order valence-electron chi connectivity index (χ1n) is 9.23. The third-order valence-electron chi connectivity index (χ3n) is 4.34. The summed E-state index contributed by atoms with van der Waals surface area (Å²) in [5.74, 6) is -0.192. The zero-order valence-corrected chi connectivity index (χ0v) is 17.9. The number of ketones is 1. The Balaban J connectivity index is 2.01. The number of aliphatic hydroxyl groups is 1. The first kappa shape index (κ1) is 22.9. The van der Waals surface area contributed by atoms with Crippen LogP contribution < -0.4 is 4.74 Å². The van der Waals surface area contributed by atoms with Gasteiger partial charge in [0.1, 0.15) is 12.3 Å². The van der Waals surface area contributed by atoms with Gasteiger partial charge in [-0.2, -0.15) is 0 Å². The van der Waals surface area contributed by atoms with Crippen molar-refractivity contribution in [1.82, 2.24) is 0 Å². The van der Waals surface area contributed by atoms with E-state index < -0.39 is 11.6 Å². The van der Waals surface area contributed by atoms with E-state index in [1.807, 2.05) is 14.1 Å². The van der Waals surface area contributed by atoms with E-state index in [4.69, 9.17) is 26.2 Å². The highest BCUT2D eigenvalue weighted by Gasteiger charge is 2.33. The summed E-state index contributed by atoms with van der Waals surface area (Å²) < 4.78 is 11.5. The third kappa shape index (κ3) is 6.56. The minimum Gasteiger partial charge on any atom is -0.476 e. The number of carbonyl (C=O) groups excluding carboxylic acids is 2. The Morgan fingerprint density at radius 2 is 1.52 bits per heavy atom. The molecule has 2 aromatic rings. The van der Waals surface area contributed by atoms with Crippen LogP contribution in [0.1, 0.15) is 29.8 Å². The van der Waals surface area contributed by atoms with E-state index in [0.29, 0.717) is 32.9 Å². The SMILES string of the molecule is CC(C)(Oc1ccc(C(=O)c2ccc(Cl)cc2)cc1)C(=O)OC[N+](C)(C)CCO. The molecule has 0 spiro atoms. The van der Waals surface area contributed by atoms with E-state index in [2.05, 4.69) is 0 Å². The van der Waals surface area contributed by atoms with E-state index in [1.165, 1.54) is 0 Å². The lowest BCUT2D eigenvalue weighted by Gasteiger charge is -2.30.